The van der Waals surface area contributed by atoms with Gasteiger partial charge >= 0.3 is 0 Å². The van der Waals surface area contributed by atoms with Crippen molar-refractivity contribution in [2.24, 2.45) is 17.6 Å². The fraction of sp³-hybridized carbons (Fsp3) is 0.917. The van der Waals surface area contributed by atoms with Gasteiger partial charge in [0.1, 0.15) is 0 Å². The fourth-order valence-corrected chi connectivity index (χ4v) is 2.23. The molecule has 0 aromatic heterocycles. The van der Waals surface area contributed by atoms with Crippen molar-refractivity contribution in [3.05, 3.63) is 0 Å². The Morgan fingerprint density at radius 1 is 1.33 bits per heavy atom. The predicted molar refractivity (Wildman–Crippen MR) is 60.3 cm³/mol. The lowest BCUT2D eigenvalue weighted by molar-refractivity contribution is -0.124. The molecule has 0 aromatic rings. The van der Waals surface area contributed by atoms with Gasteiger partial charge in [0.25, 0.3) is 0 Å². The van der Waals surface area contributed by atoms with Gasteiger partial charge in [-0.3, -0.25) is 4.79 Å². The van der Waals surface area contributed by atoms with E-state index in [9.17, 15) is 4.79 Å². The number of primary amides is 1. The van der Waals surface area contributed by atoms with Crippen LogP contribution in [0, 0.1) is 11.8 Å². The van der Waals surface area contributed by atoms with E-state index in [-0.39, 0.29) is 5.91 Å². The smallest absolute Gasteiger partial charge is 0.237 e. The number of nitrogens with two attached hydrogens (primary N) is 1. The van der Waals surface area contributed by atoms with Crippen molar-refractivity contribution >= 4 is 5.91 Å². The standard InChI is InChI=1S/C12H22N2O/c1-12(11(13)15,7-9-3-2-4-9)14-8-10-5-6-10/h9-10,14H,2-8H2,1H3,(H2,13,15). The highest BCUT2D eigenvalue weighted by molar-refractivity contribution is 5.84. The van der Waals surface area contributed by atoms with E-state index < -0.39 is 5.54 Å². The van der Waals surface area contributed by atoms with Crippen LogP contribution in [0.25, 0.3) is 0 Å². The van der Waals surface area contributed by atoms with E-state index in [1.54, 1.807) is 0 Å². The van der Waals surface area contributed by atoms with Gasteiger partial charge in [-0.15, -0.1) is 0 Å². The third-order valence-electron chi connectivity index (χ3n) is 3.94. The van der Waals surface area contributed by atoms with Crippen molar-refractivity contribution in [3.63, 3.8) is 0 Å². The average molecular weight is 210 g/mol. The van der Waals surface area contributed by atoms with Crippen LogP contribution < -0.4 is 11.1 Å². The first-order valence-corrected chi connectivity index (χ1v) is 6.15. The Morgan fingerprint density at radius 3 is 2.40 bits per heavy atom. The summed E-state index contributed by atoms with van der Waals surface area (Å²) in [5.74, 6) is 1.33. The number of rotatable bonds is 6. The molecule has 2 fully saturated rings. The number of carbonyl (C=O) groups is 1. The summed E-state index contributed by atoms with van der Waals surface area (Å²) >= 11 is 0. The maximum Gasteiger partial charge on any atom is 0.237 e. The molecule has 86 valence electrons. The lowest BCUT2D eigenvalue weighted by atomic mass is 9.76. The Morgan fingerprint density at radius 2 is 2.00 bits per heavy atom. The zero-order valence-electron chi connectivity index (χ0n) is 9.59. The molecule has 0 heterocycles. The van der Waals surface area contributed by atoms with E-state index in [1.165, 1.54) is 32.1 Å². The number of amides is 1. The van der Waals surface area contributed by atoms with Gasteiger partial charge in [0, 0.05) is 0 Å². The van der Waals surface area contributed by atoms with Crippen LogP contribution in [0.2, 0.25) is 0 Å². The summed E-state index contributed by atoms with van der Waals surface area (Å²) < 4.78 is 0. The monoisotopic (exact) mass is 210 g/mol. The molecule has 3 heteroatoms. The molecule has 0 aliphatic heterocycles. The summed E-state index contributed by atoms with van der Waals surface area (Å²) in [7, 11) is 0. The minimum Gasteiger partial charge on any atom is -0.368 e. The SMILES string of the molecule is CC(CC1CCC1)(NCC1CC1)C(N)=O. The van der Waals surface area contributed by atoms with Crippen LogP contribution in [0.5, 0.6) is 0 Å². The Balaban J connectivity index is 1.84. The van der Waals surface area contributed by atoms with E-state index in [1.807, 2.05) is 6.92 Å². The second-order valence-electron chi connectivity index (χ2n) is 5.52. The Hall–Kier alpha value is -0.570. The molecule has 2 aliphatic rings. The third kappa shape index (κ3) is 2.71. The number of carbonyl (C=O) groups excluding carboxylic acids is 1. The van der Waals surface area contributed by atoms with E-state index in [2.05, 4.69) is 5.32 Å². The van der Waals surface area contributed by atoms with Gasteiger partial charge in [0.2, 0.25) is 5.91 Å². The lowest BCUT2D eigenvalue weighted by Gasteiger charge is -2.35. The van der Waals surface area contributed by atoms with Crippen molar-refractivity contribution in [2.75, 3.05) is 6.54 Å². The largest absolute Gasteiger partial charge is 0.368 e. The van der Waals surface area contributed by atoms with Crippen molar-refractivity contribution in [1.82, 2.24) is 5.32 Å². The zero-order valence-corrected chi connectivity index (χ0v) is 9.59. The van der Waals surface area contributed by atoms with E-state index in [0.29, 0.717) is 5.92 Å². The summed E-state index contributed by atoms with van der Waals surface area (Å²) in [5, 5.41) is 3.38. The molecule has 0 bridgehead atoms. The highest BCUT2D eigenvalue weighted by atomic mass is 16.1. The molecule has 0 aromatic carbocycles. The van der Waals surface area contributed by atoms with Gasteiger partial charge in [-0.1, -0.05) is 19.3 Å². The molecule has 1 atom stereocenters. The predicted octanol–water partition coefficient (Wildman–Crippen LogP) is 1.42. The molecule has 0 spiro atoms. The van der Waals surface area contributed by atoms with E-state index >= 15 is 0 Å². The summed E-state index contributed by atoms with van der Waals surface area (Å²) in [5.41, 5.74) is 5.04. The number of nitrogens with one attached hydrogen (secondary N) is 1. The number of hydrogen-bond donors (Lipinski definition) is 2. The Kier molecular flexibility index (Phi) is 3.01. The lowest BCUT2D eigenvalue weighted by Crippen LogP contribution is -2.55. The van der Waals surface area contributed by atoms with Crippen LogP contribution in [0.15, 0.2) is 0 Å². The zero-order chi connectivity index (χ0) is 10.9. The maximum absolute atomic E-state index is 11.5. The summed E-state index contributed by atoms with van der Waals surface area (Å²) in [6.07, 6.45) is 7.41. The molecular weight excluding hydrogens is 188 g/mol. The molecule has 0 saturated heterocycles. The van der Waals surface area contributed by atoms with Crippen molar-refractivity contribution in [3.8, 4) is 0 Å². The second-order valence-corrected chi connectivity index (χ2v) is 5.52. The van der Waals surface area contributed by atoms with E-state index in [4.69, 9.17) is 5.73 Å². The fourth-order valence-electron chi connectivity index (χ4n) is 2.23. The van der Waals surface area contributed by atoms with Crippen molar-refractivity contribution < 1.29 is 4.79 Å². The maximum atomic E-state index is 11.5. The first kappa shape index (κ1) is 10.9. The van der Waals surface area contributed by atoms with Crippen molar-refractivity contribution in [2.45, 2.75) is 51.0 Å². The minimum absolute atomic E-state index is 0.185. The summed E-state index contributed by atoms with van der Waals surface area (Å²) in [6.45, 7) is 2.93. The van der Waals surface area contributed by atoms with Crippen LogP contribution in [-0.4, -0.2) is 18.0 Å². The molecule has 1 unspecified atom stereocenters. The molecule has 3 N–H and O–H groups in total. The van der Waals surface area contributed by atoms with E-state index in [0.717, 1.165) is 18.9 Å². The molecule has 0 radical (unpaired) electrons. The number of hydrogen-bond acceptors (Lipinski definition) is 2. The quantitative estimate of drug-likeness (QED) is 0.696. The van der Waals surface area contributed by atoms with Gasteiger partial charge in [-0.05, 0) is 44.6 Å². The second kappa shape index (κ2) is 4.12. The van der Waals surface area contributed by atoms with Gasteiger partial charge in [0.15, 0.2) is 0 Å². The first-order chi connectivity index (χ1) is 7.10. The van der Waals surface area contributed by atoms with Crippen LogP contribution >= 0.6 is 0 Å². The van der Waals surface area contributed by atoms with Gasteiger partial charge in [-0.2, -0.15) is 0 Å². The van der Waals surface area contributed by atoms with Crippen molar-refractivity contribution in [1.29, 1.82) is 0 Å². The summed E-state index contributed by atoms with van der Waals surface area (Å²) in [6, 6.07) is 0. The molecule has 2 saturated carbocycles. The third-order valence-corrected chi connectivity index (χ3v) is 3.94. The highest BCUT2D eigenvalue weighted by Gasteiger charge is 2.36. The van der Waals surface area contributed by atoms with Crippen LogP contribution in [-0.2, 0) is 4.79 Å². The molecule has 3 nitrogen and oxygen atoms in total. The normalized spacial score (nSPS) is 25.7. The molecule has 1 amide bonds. The van der Waals surface area contributed by atoms with Crippen LogP contribution in [0.4, 0.5) is 0 Å². The van der Waals surface area contributed by atoms with Crippen LogP contribution in [0.3, 0.4) is 0 Å². The van der Waals surface area contributed by atoms with Crippen LogP contribution in [0.1, 0.15) is 45.4 Å². The Bertz CT molecular complexity index is 246. The molecule has 2 rings (SSSR count). The molecular formula is C12H22N2O. The average Bonchev–Trinajstić information content (AvgIpc) is 2.91. The van der Waals surface area contributed by atoms with Gasteiger partial charge < -0.3 is 11.1 Å². The Labute approximate surface area is 91.8 Å². The van der Waals surface area contributed by atoms with Gasteiger partial charge in [0.05, 0.1) is 5.54 Å². The topological polar surface area (TPSA) is 55.1 Å². The molecule has 15 heavy (non-hydrogen) atoms. The highest BCUT2D eigenvalue weighted by Crippen LogP contribution is 2.34. The minimum atomic E-state index is -0.465. The first-order valence-electron chi connectivity index (χ1n) is 6.15. The molecule has 2 aliphatic carbocycles. The van der Waals surface area contributed by atoms with Gasteiger partial charge in [-0.25, -0.2) is 0 Å². The summed E-state index contributed by atoms with van der Waals surface area (Å²) in [4.78, 5) is 11.5.